The van der Waals surface area contributed by atoms with Crippen LogP contribution in [-0.4, -0.2) is 6.02 Å². The topological polar surface area (TPSA) is 38.0 Å². The first-order chi connectivity index (χ1) is 3.81. The van der Waals surface area contributed by atoms with Crippen LogP contribution in [0, 0.1) is 0 Å². The van der Waals surface area contributed by atoms with Gasteiger partial charge in [0.15, 0.2) is 0 Å². The van der Waals surface area contributed by atoms with E-state index in [1.54, 1.807) is 0 Å². The van der Waals surface area contributed by atoms with E-state index in [4.69, 9.17) is 11.3 Å². The van der Waals surface area contributed by atoms with Crippen LogP contribution in [0.4, 0.5) is 0 Å². The minimum atomic E-state index is -2.37. The Balaban J connectivity index is 4.14. The molecule has 5 heavy (non-hydrogen) atoms. The second kappa shape index (κ2) is 2.18. The van der Waals surface area contributed by atoms with Gasteiger partial charge in [0.05, 0.1) is 0 Å². The largest absolute Gasteiger partial charge is 0.271 e. The van der Waals surface area contributed by atoms with Crippen molar-refractivity contribution >= 4 is 0 Å². The van der Waals surface area contributed by atoms with Crippen molar-refractivity contribution in [3.63, 3.8) is 0 Å². The van der Waals surface area contributed by atoms with Crippen LogP contribution in [0.3, 0.4) is 0 Å². The minimum Gasteiger partial charge on any atom is -0.271 e. The van der Waals surface area contributed by atoms with Crippen molar-refractivity contribution in [1.82, 2.24) is 5.43 Å². The van der Waals surface area contributed by atoms with Crippen molar-refractivity contribution in [2.75, 3.05) is 0 Å². The lowest BCUT2D eigenvalue weighted by atomic mass is 10.4. The van der Waals surface area contributed by atoms with Crippen LogP contribution < -0.4 is 11.3 Å². The highest BCUT2D eigenvalue weighted by atomic mass is 15.2. The molecule has 0 amide bonds. The average Bonchev–Trinajstić information content (AvgIpc) is 1.64. The molecule has 1 atom stereocenters. The van der Waals surface area contributed by atoms with Crippen molar-refractivity contribution < 1.29 is 5.48 Å². The Bertz CT molecular complexity index is 96.5. The molecule has 0 aliphatic heterocycles. The van der Waals surface area contributed by atoms with E-state index in [0.717, 1.165) is 0 Å². The number of nitrogens with one attached hydrogen (secondary N) is 1. The maximum atomic E-state index is 7.03. The zero-order chi connectivity index (χ0) is 7.71. The van der Waals surface area contributed by atoms with E-state index in [2.05, 4.69) is 0 Å². The van der Waals surface area contributed by atoms with Crippen molar-refractivity contribution in [2.24, 2.45) is 5.84 Å². The zero-order valence-electron chi connectivity index (χ0n) is 7.08. The van der Waals surface area contributed by atoms with Crippen LogP contribution in [0.15, 0.2) is 0 Å². The third-order valence-corrected chi connectivity index (χ3v) is 0.217. The zero-order valence-corrected chi connectivity index (χ0v) is 3.08. The molecule has 0 fully saturated rings. The molecule has 0 aliphatic rings. The lowest BCUT2D eigenvalue weighted by Gasteiger charge is -1.95. The third-order valence-electron chi connectivity index (χ3n) is 0.217. The summed E-state index contributed by atoms with van der Waals surface area (Å²) in [6.07, 6.45) is 0. The Morgan fingerprint density at radius 2 is 3.00 bits per heavy atom. The van der Waals surface area contributed by atoms with E-state index < -0.39 is 12.9 Å². The van der Waals surface area contributed by atoms with Gasteiger partial charge in [0, 0.05) is 11.5 Å². The summed E-state index contributed by atoms with van der Waals surface area (Å²) in [6, 6.07) is -1.74. The van der Waals surface area contributed by atoms with E-state index in [9.17, 15) is 0 Å². The summed E-state index contributed by atoms with van der Waals surface area (Å²) in [5.41, 5.74) is 1.89. The average molecular weight is 78.2 g/mol. The van der Waals surface area contributed by atoms with Gasteiger partial charge in [-0.1, -0.05) is 0 Å². The Hall–Kier alpha value is -0.0800. The van der Waals surface area contributed by atoms with Gasteiger partial charge in [-0.2, -0.15) is 0 Å². The molecule has 0 aromatic carbocycles. The van der Waals surface area contributed by atoms with Crippen LogP contribution in [-0.2, 0) is 0 Å². The molecule has 2 heteroatoms. The van der Waals surface area contributed by atoms with Gasteiger partial charge in [0.25, 0.3) is 0 Å². The summed E-state index contributed by atoms with van der Waals surface area (Å²) in [5, 5.41) is 0. The number of rotatable bonds is 1. The number of nitrogens with two attached hydrogens (primary N) is 1. The molecule has 0 saturated carbocycles. The number of hydrazine groups is 1. The molecule has 32 valence electrons. The molecule has 2 nitrogen and oxygen atoms in total. The summed E-state index contributed by atoms with van der Waals surface area (Å²) in [7, 11) is 0. The van der Waals surface area contributed by atoms with Gasteiger partial charge in [-0.15, -0.1) is 0 Å². The van der Waals surface area contributed by atoms with Crippen LogP contribution in [0.2, 0.25) is 0 Å². The van der Waals surface area contributed by atoms with Crippen molar-refractivity contribution in [3.05, 3.63) is 0 Å². The molecular weight excluding hydrogens is 64.0 g/mol. The molecule has 0 heterocycles. The lowest BCUT2D eigenvalue weighted by molar-refractivity contribution is 0.617. The summed E-state index contributed by atoms with van der Waals surface area (Å²) in [6.45, 7) is -1.18. The summed E-state index contributed by atoms with van der Waals surface area (Å²) < 4.78 is 27.2. The highest BCUT2D eigenvalue weighted by Crippen LogP contribution is 1.64. The molecule has 1 unspecified atom stereocenters. The van der Waals surface area contributed by atoms with Crippen molar-refractivity contribution in [2.45, 2.75) is 19.8 Å². The molecule has 0 bridgehead atoms. The standard InChI is InChI=1S/C3H10N2/c1-3(2)5-4/h3,5H,4H2,1-2H3/i1D3,3D. The Labute approximate surface area is 37.9 Å². The normalized spacial score (nSPS) is 35.6. The van der Waals surface area contributed by atoms with E-state index in [1.807, 2.05) is 5.43 Å². The first-order valence-corrected chi connectivity index (χ1v) is 1.29. The fourth-order valence-corrected chi connectivity index (χ4v) is 0. The maximum Gasteiger partial charge on any atom is 0.0473 e. The molecule has 0 aliphatic carbocycles. The maximum absolute atomic E-state index is 7.03. The predicted octanol–water partition coefficient (Wildman–Crippen LogP) is -0.142. The third kappa shape index (κ3) is 3.92. The SMILES string of the molecule is [2H]C([2H])([2H])C([2H])(C)NN. The van der Waals surface area contributed by atoms with Gasteiger partial charge in [0.1, 0.15) is 0 Å². The first kappa shape index (κ1) is 1.21. The van der Waals surface area contributed by atoms with Gasteiger partial charge in [-0.25, -0.2) is 0 Å². The first-order valence-electron chi connectivity index (χ1n) is 3.29. The Kier molecular flexibility index (Phi) is 0.524. The molecule has 0 aromatic rings. The summed E-state index contributed by atoms with van der Waals surface area (Å²) >= 11 is 0. The fraction of sp³-hybridized carbons (Fsp3) is 1.00. The van der Waals surface area contributed by atoms with Gasteiger partial charge >= 0.3 is 0 Å². The second-order valence-corrected chi connectivity index (χ2v) is 0.769. The van der Waals surface area contributed by atoms with E-state index in [0.29, 0.717) is 0 Å². The highest BCUT2D eigenvalue weighted by Gasteiger charge is 1.77. The van der Waals surface area contributed by atoms with Crippen LogP contribution in [0.1, 0.15) is 19.3 Å². The monoisotopic (exact) mass is 78.1 g/mol. The molecular formula is C3H10N2. The van der Waals surface area contributed by atoms with E-state index >= 15 is 0 Å². The van der Waals surface area contributed by atoms with E-state index in [-0.39, 0.29) is 0 Å². The Morgan fingerprint density at radius 3 is 3.00 bits per heavy atom. The summed E-state index contributed by atoms with van der Waals surface area (Å²) in [4.78, 5) is 0. The molecule has 3 N–H and O–H groups in total. The van der Waals surface area contributed by atoms with Crippen LogP contribution in [0.25, 0.3) is 0 Å². The van der Waals surface area contributed by atoms with Gasteiger partial charge in [-0.3, -0.25) is 11.3 Å². The highest BCUT2D eigenvalue weighted by molar-refractivity contribution is 4.38. The van der Waals surface area contributed by atoms with Crippen LogP contribution >= 0.6 is 0 Å². The number of hydrogen-bond acceptors (Lipinski definition) is 2. The number of hydrogen-bond donors (Lipinski definition) is 2. The van der Waals surface area contributed by atoms with Crippen LogP contribution in [0.5, 0.6) is 0 Å². The molecule has 0 radical (unpaired) electrons. The summed E-state index contributed by atoms with van der Waals surface area (Å²) in [5.74, 6) is 4.79. The molecule has 0 saturated heterocycles. The molecule has 0 rings (SSSR count). The predicted molar refractivity (Wildman–Crippen MR) is 22.5 cm³/mol. The molecule has 0 spiro atoms. The van der Waals surface area contributed by atoms with Gasteiger partial charge in [-0.05, 0) is 13.8 Å². The smallest absolute Gasteiger partial charge is 0.0473 e. The fourth-order valence-electron chi connectivity index (χ4n) is 0. The van der Waals surface area contributed by atoms with Crippen molar-refractivity contribution in [3.8, 4) is 0 Å². The van der Waals surface area contributed by atoms with Gasteiger partial charge < -0.3 is 0 Å². The quantitative estimate of drug-likeness (QED) is 0.338. The minimum absolute atomic E-state index is 1.19. The Morgan fingerprint density at radius 1 is 2.40 bits per heavy atom. The van der Waals surface area contributed by atoms with Crippen molar-refractivity contribution in [1.29, 1.82) is 0 Å². The molecule has 0 aromatic heterocycles. The lowest BCUT2D eigenvalue weighted by Crippen LogP contribution is -2.29. The second-order valence-electron chi connectivity index (χ2n) is 0.769. The van der Waals surface area contributed by atoms with Gasteiger partial charge in [0.2, 0.25) is 0 Å². The van der Waals surface area contributed by atoms with E-state index in [1.165, 1.54) is 6.92 Å².